The summed E-state index contributed by atoms with van der Waals surface area (Å²) in [6.45, 7) is 4.93. The third-order valence-corrected chi connectivity index (χ3v) is 14.6. The number of sulfonamides is 1. The van der Waals surface area contributed by atoms with Gasteiger partial charge in [-0.2, -0.15) is 0 Å². The lowest BCUT2D eigenvalue weighted by atomic mass is 9.59. The molecular weight excluding hydrogens is 851 g/mol. The molecule has 9 rings (SSSR count). The van der Waals surface area contributed by atoms with E-state index in [0.29, 0.717) is 49.2 Å². The maximum atomic E-state index is 15.5. The van der Waals surface area contributed by atoms with E-state index in [0.717, 1.165) is 54.6 Å². The summed E-state index contributed by atoms with van der Waals surface area (Å²) in [5.74, 6) is -1.79. The van der Waals surface area contributed by atoms with Gasteiger partial charge in [0.15, 0.2) is 0 Å². The molecule has 2 saturated heterocycles. The number of allylic oxidation sites excluding steroid dienone is 1. The van der Waals surface area contributed by atoms with Crippen LogP contribution in [0.5, 0.6) is 11.5 Å². The molecule has 1 amide bonds. The SMILES string of the molecule is O=C(NS(=O)(=O)c1cc(F)c(CC[C@H]2COCCO2)c([N+](=O)[O-])c1)c1ccc(N2CCN(CC3=C(c4ccc(Cl)cc4)CC4(CCC4)CC3)CC2)cc1Oc1cnc2[nH]ccc2c1. The monoisotopic (exact) mass is 898 g/mol. The highest BCUT2D eigenvalue weighted by Gasteiger charge is 2.41. The molecule has 4 heterocycles. The number of halogens is 2. The molecule has 2 N–H and O–H groups in total. The number of benzene rings is 3. The molecule has 3 fully saturated rings. The molecule has 0 unspecified atom stereocenters. The predicted octanol–water partition coefficient (Wildman–Crippen LogP) is 8.45. The summed E-state index contributed by atoms with van der Waals surface area (Å²) >= 11 is 6.27. The Bertz CT molecular complexity index is 2670. The Kier molecular flexibility index (Phi) is 12.3. The topological polar surface area (TPSA) is 169 Å². The van der Waals surface area contributed by atoms with E-state index in [9.17, 15) is 23.3 Å². The summed E-state index contributed by atoms with van der Waals surface area (Å²) < 4.78 is 62.1. The van der Waals surface area contributed by atoms with Gasteiger partial charge in [0.1, 0.15) is 23.0 Å². The molecule has 1 atom stereocenters. The number of hydrogen-bond acceptors (Lipinski definition) is 11. The number of nitro groups is 1. The smallest absolute Gasteiger partial charge is 0.276 e. The van der Waals surface area contributed by atoms with Crippen LogP contribution >= 0.6 is 11.6 Å². The van der Waals surface area contributed by atoms with Crippen LogP contribution in [0, 0.1) is 21.3 Å². The molecule has 2 aliphatic heterocycles. The average Bonchev–Trinajstić information content (AvgIpc) is 3.74. The standard InChI is InChI=1S/C46H48ClFN6O8S/c47-33-4-2-30(3-5-33)40-26-46(12-1-13-46)14-10-32(40)28-52-16-18-53(19-17-52)34-6-8-39(43(23-34)62-36-22-31-11-15-49-44(31)50-27-36)45(55)51-63(58,59)37-24-41(48)38(42(25-37)54(56)57)9-7-35-29-60-20-21-61-35/h2-6,8,11,15,22-25,27,35H,1,7,9-10,12-14,16-21,26,28-29H2,(H,49,50)(H,51,55)/t35-/m0/s1. The number of ether oxygens (including phenoxy) is 3. The van der Waals surface area contributed by atoms with E-state index in [1.54, 1.807) is 24.4 Å². The third-order valence-electron chi connectivity index (χ3n) is 13.0. The summed E-state index contributed by atoms with van der Waals surface area (Å²) in [6, 6.07) is 18.2. The van der Waals surface area contributed by atoms with Crippen LogP contribution in [0.25, 0.3) is 16.6 Å². The fraction of sp³-hybridized carbons (Fsp3) is 0.391. The number of hydrogen-bond donors (Lipinski definition) is 2. The molecule has 0 bridgehead atoms. The van der Waals surface area contributed by atoms with Gasteiger partial charge in [0.05, 0.1) is 53.1 Å². The van der Waals surface area contributed by atoms with E-state index >= 15 is 4.39 Å². The minimum Gasteiger partial charge on any atom is -0.455 e. The second-order valence-electron chi connectivity index (χ2n) is 17.0. The first kappa shape index (κ1) is 42.9. The summed E-state index contributed by atoms with van der Waals surface area (Å²) in [4.78, 5) is 36.5. The van der Waals surface area contributed by atoms with E-state index in [2.05, 4.69) is 31.9 Å². The average molecular weight is 899 g/mol. The van der Waals surface area contributed by atoms with Gasteiger partial charge in [-0.25, -0.2) is 22.5 Å². The molecular formula is C46H48ClFN6O8S. The van der Waals surface area contributed by atoms with Gasteiger partial charge in [-0.15, -0.1) is 0 Å². The first-order chi connectivity index (χ1) is 30.4. The van der Waals surface area contributed by atoms with Crippen LogP contribution in [0.3, 0.4) is 0 Å². The zero-order valence-corrected chi connectivity index (χ0v) is 36.2. The van der Waals surface area contributed by atoms with Gasteiger partial charge < -0.3 is 24.1 Å². The van der Waals surface area contributed by atoms with E-state index in [1.165, 1.54) is 54.7 Å². The number of rotatable bonds is 13. The van der Waals surface area contributed by atoms with Crippen LogP contribution in [0.2, 0.25) is 5.02 Å². The molecule has 1 saturated carbocycles. The minimum absolute atomic E-state index is 0.0608. The highest BCUT2D eigenvalue weighted by atomic mass is 35.5. The molecule has 63 heavy (non-hydrogen) atoms. The van der Waals surface area contributed by atoms with Gasteiger partial charge in [-0.05, 0) is 104 Å². The molecule has 3 aromatic carbocycles. The summed E-state index contributed by atoms with van der Waals surface area (Å²) in [5.41, 5.74) is 4.92. The zero-order chi connectivity index (χ0) is 43.7. The van der Waals surface area contributed by atoms with Crippen molar-refractivity contribution in [3.8, 4) is 11.5 Å². The number of aromatic nitrogens is 2. The number of piperazine rings is 1. The number of pyridine rings is 1. The second-order valence-corrected chi connectivity index (χ2v) is 19.1. The van der Waals surface area contributed by atoms with E-state index in [4.69, 9.17) is 25.8 Å². The Morgan fingerprint density at radius 2 is 1.86 bits per heavy atom. The number of nitro benzene ring substituents is 1. The Morgan fingerprint density at radius 3 is 2.59 bits per heavy atom. The van der Waals surface area contributed by atoms with Crippen molar-refractivity contribution in [3.05, 3.63) is 122 Å². The minimum atomic E-state index is -4.81. The lowest BCUT2D eigenvalue weighted by Gasteiger charge is -2.47. The highest BCUT2D eigenvalue weighted by Crippen LogP contribution is 2.55. The van der Waals surface area contributed by atoms with Gasteiger partial charge in [-0.1, -0.05) is 35.7 Å². The fourth-order valence-corrected chi connectivity index (χ4v) is 10.4. The van der Waals surface area contributed by atoms with Crippen LogP contribution in [0.15, 0.2) is 89.6 Å². The van der Waals surface area contributed by atoms with E-state index in [-0.39, 0.29) is 42.4 Å². The van der Waals surface area contributed by atoms with Gasteiger partial charge in [0, 0.05) is 67.1 Å². The van der Waals surface area contributed by atoms with Crippen LogP contribution in [0.4, 0.5) is 15.8 Å². The van der Waals surface area contributed by atoms with Crippen molar-refractivity contribution in [1.29, 1.82) is 0 Å². The molecule has 0 radical (unpaired) electrons. The summed E-state index contributed by atoms with van der Waals surface area (Å²) in [5, 5.41) is 13.6. The number of fused-ring (bicyclic) bond motifs is 1. The Balaban J connectivity index is 0.936. The van der Waals surface area contributed by atoms with Gasteiger partial charge in [0.2, 0.25) is 0 Å². The van der Waals surface area contributed by atoms with E-state index in [1.807, 2.05) is 22.9 Å². The molecule has 4 aliphatic rings. The van der Waals surface area contributed by atoms with Crippen LogP contribution in [-0.4, -0.2) is 92.8 Å². The number of anilines is 1. The van der Waals surface area contributed by atoms with Crippen molar-refractivity contribution in [1.82, 2.24) is 19.6 Å². The zero-order valence-electron chi connectivity index (χ0n) is 34.6. The summed E-state index contributed by atoms with van der Waals surface area (Å²) in [7, 11) is -4.81. The first-order valence-electron chi connectivity index (χ1n) is 21.3. The maximum absolute atomic E-state index is 15.5. The van der Waals surface area contributed by atoms with Gasteiger partial charge in [-0.3, -0.25) is 19.8 Å². The van der Waals surface area contributed by atoms with Crippen molar-refractivity contribution < 1.29 is 36.7 Å². The first-order valence-corrected chi connectivity index (χ1v) is 23.2. The number of H-pyrrole nitrogens is 1. The van der Waals surface area contributed by atoms with Crippen molar-refractivity contribution >= 4 is 55.5 Å². The lowest BCUT2D eigenvalue weighted by Crippen LogP contribution is -2.47. The third kappa shape index (κ3) is 9.46. The number of amides is 1. The van der Waals surface area contributed by atoms with Gasteiger partial charge >= 0.3 is 0 Å². The molecule has 17 heteroatoms. The molecule has 2 aromatic heterocycles. The van der Waals surface area contributed by atoms with Crippen LogP contribution < -0.4 is 14.4 Å². The fourth-order valence-electron chi connectivity index (χ4n) is 9.31. The lowest BCUT2D eigenvalue weighted by molar-refractivity contribution is -0.386. The molecule has 330 valence electrons. The van der Waals surface area contributed by atoms with Crippen molar-refractivity contribution in [2.75, 3.05) is 57.4 Å². The highest BCUT2D eigenvalue weighted by molar-refractivity contribution is 7.90. The van der Waals surface area contributed by atoms with Gasteiger partial charge in [0.25, 0.3) is 21.6 Å². The largest absolute Gasteiger partial charge is 0.455 e. The molecule has 1 spiro atoms. The molecule has 2 aliphatic carbocycles. The normalized spacial score (nSPS) is 19.3. The van der Waals surface area contributed by atoms with Crippen LogP contribution in [-0.2, 0) is 25.9 Å². The number of aromatic amines is 1. The van der Waals surface area contributed by atoms with E-state index < -0.39 is 37.3 Å². The number of carbonyl (C=O) groups excluding carboxylic acids is 1. The maximum Gasteiger partial charge on any atom is 0.276 e. The Morgan fingerprint density at radius 1 is 1.05 bits per heavy atom. The summed E-state index contributed by atoms with van der Waals surface area (Å²) in [6.07, 6.45) is 10.3. The van der Waals surface area contributed by atoms with Crippen molar-refractivity contribution in [2.24, 2.45) is 5.41 Å². The van der Waals surface area contributed by atoms with Crippen molar-refractivity contribution in [2.45, 2.75) is 62.4 Å². The van der Waals surface area contributed by atoms with Crippen molar-refractivity contribution in [3.63, 3.8) is 0 Å². The quantitative estimate of drug-likeness (QED) is 0.0859. The van der Waals surface area contributed by atoms with Crippen LogP contribution in [0.1, 0.15) is 66.4 Å². The number of nitrogens with zero attached hydrogens (tertiary/aromatic N) is 4. The number of carbonyl (C=O) groups is 1. The molecule has 5 aromatic rings. The Labute approximate surface area is 369 Å². The predicted molar refractivity (Wildman–Crippen MR) is 236 cm³/mol. The second kappa shape index (κ2) is 18.0. The Hall–Kier alpha value is -5.39. The number of nitrogens with one attached hydrogen (secondary N) is 2. The molecule has 14 nitrogen and oxygen atoms in total.